The van der Waals surface area contributed by atoms with Crippen LogP contribution in [-0.2, 0) is 11.2 Å². The SMILES string of the molecule is COc1cccc(CCC(=O)CO)c1. The number of rotatable bonds is 5. The smallest absolute Gasteiger partial charge is 0.158 e. The standard InChI is InChI=1S/C11H14O3/c1-14-11-4-2-3-9(7-11)5-6-10(13)8-12/h2-4,7,12H,5-6,8H2,1H3. The average Bonchev–Trinajstić information content (AvgIpc) is 2.26. The molecule has 0 unspecified atom stereocenters. The van der Waals surface area contributed by atoms with Crippen LogP contribution in [0.5, 0.6) is 5.75 Å². The Morgan fingerprint density at radius 2 is 2.29 bits per heavy atom. The summed E-state index contributed by atoms with van der Waals surface area (Å²) < 4.78 is 5.05. The van der Waals surface area contributed by atoms with Gasteiger partial charge in [-0.2, -0.15) is 0 Å². The molecule has 0 aliphatic carbocycles. The summed E-state index contributed by atoms with van der Waals surface area (Å²) in [6.45, 7) is -0.371. The van der Waals surface area contributed by atoms with Crippen molar-refractivity contribution in [2.75, 3.05) is 13.7 Å². The van der Waals surface area contributed by atoms with E-state index in [1.54, 1.807) is 7.11 Å². The van der Waals surface area contributed by atoms with Gasteiger partial charge in [-0.25, -0.2) is 0 Å². The van der Waals surface area contributed by atoms with Crippen LogP contribution in [0.15, 0.2) is 24.3 Å². The molecule has 1 N–H and O–H groups in total. The normalized spacial score (nSPS) is 9.86. The quantitative estimate of drug-likeness (QED) is 0.765. The van der Waals surface area contributed by atoms with Gasteiger partial charge in [0.15, 0.2) is 5.78 Å². The third-order valence-electron chi connectivity index (χ3n) is 2.00. The molecule has 0 spiro atoms. The molecule has 0 fully saturated rings. The Hall–Kier alpha value is -1.35. The molecule has 0 saturated heterocycles. The van der Waals surface area contributed by atoms with E-state index in [-0.39, 0.29) is 12.4 Å². The van der Waals surface area contributed by atoms with Crippen LogP contribution in [0.4, 0.5) is 0 Å². The highest BCUT2D eigenvalue weighted by Gasteiger charge is 2.01. The van der Waals surface area contributed by atoms with E-state index < -0.39 is 0 Å². The van der Waals surface area contributed by atoms with Gasteiger partial charge in [-0.15, -0.1) is 0 Å². The van der Waals surface area contributed by atoms with Crippen LogP contribution in [0.25, 0.3) is 0 Å². The van der Waals surface area contributed by atoms with Crippen molar-refractivity contribution >= 4 is 5.78 Å². The predicted octanol–water partition coefficient (Wildman–Crippen LogP) is 1.19. The molecule has 1 rings (SSSR count). The van der Waals surface area contributed by atoms with Gasteiger partial charge in [0.25, 0.3) is 0 Å². The van der Waals surface area contributed by atoms with E-state index >= 15 is 0 Å². The Balaban J connectivity index is 2.54. The number of carbonyl (C=O) groups is 1. The van der Waals surface area contributed by atoms with Crippen LogP contribution >= 0.6 is 0 Å². The molecule has 3 heteroatoms. The number of aliphatic hydroxyl groups is 1. The molecular weight excluding hydrogens is 180 g/mol. The van der Waals surface area contributed by atoms with Crippen LogP contribution in [-0.4, -0.2) is 24.6 Å². The largest absolute Gasteiger partial charge is 0.497 e. The highest BCUT2D eigenvalue weighted by molar-refractivity contribution is 5.79. The van der Waals surface area contributed by atoms with Gasteiger partial charge in [0, 0.05) is 6.42 Å². The first kappa shape index (κ1) is 10.7. The van der Waals surface area contributed by atoms with Crippen molar-refractivity contribution in [3.05, 3.63) is 29.8 Å². The number of carbonyl (C=O) groups excluding carboxylic acids is 1. The molecular formula is C11H14O3. The number of Topliss-reactive ketones (excluding diaryl/α,β-unsaturated/α-hetero) is 1. The van der Waals surface area contributed by atoms with Gasteiger partial charge in [-0.05, 0) is 24.1 Å². The number of ketones is 1. The summed E-state index contributed by atoms with van der Waals surface area (Å²) in [6.07, 6.45) is 1.03. The Kier molecular flexibility index (Phi) is 4.13. The third-order valence-corrected chi connectivity index (χ3v) is 2.00. The van der Waals surface area contributed by atoms with Crippen LogP contribution in [0.2, 0.25) is 0 Å². The van der Waals surface area contributed by atoms with Crippen molar-refractivity contribution in [3.63, 3.8) is 0 Å². The van der Waals surface area contributed by atoms with Gasteiger partial charge in [-0.3, -0.25) is 4.79 Å². The van der Waals surface area contributed by atoms with Gasteiger partial charge in [-0.1, -0.05) is 12.1 Å². The Morgan fingerprint density at radius 3 is 2.93 bits per heavy atom. The molecule has 0 bridgehead atoms. The molecule has 0 amide bonds. The number of aliphatic hydroxyl groups excluding tert-OH is 1. The molecule has 0 aliphatic rings. The second-order valence-corrected chi connectivity index (χ2v) is 3.05. The summed E-state index contributed by atoms with van der Waals surface area (Å²) in [4.78, 5) is 10.9. The highest BCUT2D eigenvalue weighted by Crippen LogP contribution is 2.13. The monoisotopic (exact) mass is 194 g/mol. The summed E-state index contributed by atoms with van der Waals surface area (Å²) in [6, 6.07) is 7.58. The zero-order valence-electron chi connectivity index (χ0n) is 8.19. The summed E-state index contributed by atoms with van der Waals surface area (Å²) >= 11 is 0. The first-order valence-corrected chi connectivity index (χ1v) is 4.51. The molecule has 1 aromatic carbocycles. The van der Waals surface area contributed by atoms with Gasteiger partial charge in [0.2, 0.25) is 0 Å². The first-order chi connectivity index (χ1) is 6.76. The maximum atomic E-state index is 10.9. The molecule has 0 aliphatic heterocycles. The Labute approximate surface area is 83.3 Å². The average molecular weight is 194 g/mol. The fourth-order valence-corrected chi connectivity index (χ4v) is 1.19. The number of ether oxygens (including phenoxy) is 1. The van der Waals surface area contributed by atoms with Gasteiger partial charge >= 0.3 is 0 Å². The number of hydrogen-bond acceptors (Lipinski definition) is 3. The van der Waals surface area contributed by atoms with Crippen LogP contribution in [0, 0.1) is 0 Å². The minimum atomic E-state index is -0.371. The predicted molar refractivity (Wildman–Crippen MR) is 53.4 cm³/mol. The molecule has 76 valence electrons. The third kappa shape index (κ3) is 3.18. The van der Waals surface area contributed by atoms with Crippen molar-refractivity contribution in [2.45, 2.75) is 12.8 Å². The van der Waals surface area contributed by atoms with E-state index in [0.717, 1.165) is 11.3 Å². The summed E-state index contributed by atoms with van der Waals surface area (Å²) in [5.74, 6) is 0.659. The van der Waals surface area contributed by atoms with E-state index in [9.17, 15) is 4.79 Å². The number of aryl methyl sites for hydroxylation is 1. The number of benzene rings is 1. The zero-order valence-corrected chi connectivity index (χ0v) is 8.19. The molecule has 3 nitrogen and oxygen atoms in total. The molecule has 0 aromatic heterocycles. The van der Waals surface area contributed by atoms with Gasteiger partial charge < -0.3 is 9.84 Å². The second kappa shape index (κ2) is 5.40. The van der Waals surface area contributed by atoms with Crippen molar-refractivity contribution in [2.24, 2.45) is 0 Å². The maximum absolute atomic E-state index is 10.9. The molecule has 0 radical (unpaired) electrons. The summed E-state index contributed by atoms with van der Waals surface area (Å²) in [5, 5.41) is 8.54. The number of hydrogen-bond donors (Lipinski definition) is 1. The lowest BCUT2D eigenvalue weighted by atomic mass is 10.1. The minimum Gasteiger partial charge on any atom is -0.497 e. The highest BCUT2D eigenvalue weighted by atomic mass is 16.5. The van der Waals surface area contributed by atoms with E-state index in [1.807, 2.05) is 24.3 Å². The molecule has 0 heterocycles. The lowest BCUT2D eigenvalue weighted by molar-refractivity contribution is -0.121. The topological polar surface area (TPSA) is 46.5 Å². The minimum absolute atomic E-state index is 0.132. The van der Waals surface area contributed by atoms with Crippen LogP contribution in [0.1, 0.15) is 12.0 Å². The molecule has 14 heavy (non-hydrogen) atoms. The Bertz CT molecular complexity index is 307. The van der Waals surface area contributed by atoms with E-state index in [4.69, 9.17) is 9.84 Å². The van der Waals surface area contributed by atoms with E-state index in [0.29, 0.717) is 12.8 Å². The molecule has 1 aromatic rings. The fourth-order valence-electron chi connectivity index (χ4n) is 1.19. The summed E-state index contributed by atoms with van der Waals surface area (Å²) in [5.41, 5.74) is 1.05. The first-order valence-electron chi connectivity index (χ1n) is 4.51. The van der Waals surface area contributed by atoms with Crippen LogP contribution < -0.4 is 4.74 Å². The van der Waals surface area contributed by atoms with Crippen molar-refractivity contribution in [1.29, 1.82) is 0 Å². The van der Waals surface area contributed by atoms with E-state index in [2.05, 4.69) is 0 Å². The lowest BCUT2D eigenvalue weighted by Crippen LogP contribution is -2.04. The van der Waals surface area contributed by atoms with Gasteiger partial charge in [0.1, 0.15) is 12.4 Å². The number of methoxy groups -OCH3 is 1. The fraction of sp³-hybridized carbons (Fsp3) is 0.364. The van der Waals surface area contributed by atoms with Crippen molar-refractivity contribution in [3.8, 4) is 5.75 Å². The second-order valence-electron chi connectivity index (χ2n) is 3.05. The van der Waals surface area contributed by atoms with Crippen molar-refractivity contribution in [1.82, 2.24) is 0 Å². The van der Waals surface area contributed by atoms with Crippen molar-refractivity contribution < 1.29 is 14.6 Å². The molecule has 0 atom stereocenters. The zero-order chi connectivity index (χ0) is 10.4. The maximum Gasteiger partial charge on any atom is 0.158 e. The lowest BCUT2D eigenvalue weighted by Gasteiger charge is -2.03. The van der Waals surface area contributed by atoms with E-state index in [1.165, 1.54) is 0 Å². The van der Waals surface area contributed by atoms with Crippen LogP contribution in [0.3, 0.4) is 0 Å². The van der Waals surface area contributed by atoms with Gasteiger partial charge in [0.05, 0.1) is 7.11 Å². The molecule has 0 saturated carbocycles. The summed E-state index contributed by atoms with van der Waals surface area (Å²) in [7, 11) is 1.61. The Morgan fingerprint density at radius 1 is 1.50 bits per heavy atom.